The summed E-state index contributed by atoms with van der Waals surface area (Å²) >= 11 is 0. The summed E-state index contributed by atoms with van der Waals surface area (Å²) in [4.78, 5) is 0. The second-order valence-corrected chi connectivity index (χ2v) is 8.01. The summed E-state index contributed by atoms with van der Waals surface area (Å²) in [7, 11) is -3.17. The van der Waals surface area contributed by atoms with Crippen LogP contribution >= 0.6 is 0 Å². The van der Waals surface area contributed by atoms with Gasteiger partial charge in [0, 0.05) is 19.5 Å². The Morgan fingerprint density at radius 1 is 1.05 bits per heavy atom. The minimum absolute atomic E-state index is 0.297. The first-order chi connectivity index (χ1) is 9.12. The van der Waals surface area contributed by atoms with Crippen LogP contribution in [-0.4, -0.2) is 31.6 Å². The summed E-state index contributed by atoms with van der Waals surface area (Å²) in [5.41, 5.74) is 0. The van der Waals surface area contributed by atoms with Crippen LogP contribution in [0.4, 0.5) is 0 Å². The summed E-state index contributed by atoms with van der Waals surface area (Å²) in [6, 6.07) is 2.06. The summed E-state index contributed by atoms with van der Waals surface area (Å²) < 4.78 is 26.6. The van der Waals surface area contributed by atoms with Crippen LogP contribution in [0.15, 0.2) is 0 Å². The quantitative estimate of drug-likeness (QED) is 0.721. The van der Waals surface area contributed by atoms with E-state index in [2.05, 4.69) is 6.07 Å². The Bertz CT molecular complexity index is 417. The molecule has 0 radical (unpaired) electrons. The van der Waals surface area contributed by atoms with E-state index in [-0.39, 0.29) is 0 Å². The minimum atomic E-state index is -3.17. The van der Waals surface area contributed by atoms with Crippen LogP contribution in [0, 0.1) is 23.2 Å². The predicted molar refractivity (Wildman–Crippen MR) is 74.9 cm³/mol. The fourth-order valence-electron chi connectivity index (χ4n) is 2.86. The molecular weight excluding hydrogens is 260 g/mol. The standard InChI is InChI=1S/C14H24N2O2S/c15-9-4-10-16(11-13-7-8-13)19(17,18)12-14-5-2-1-3-6-14/h13-14H,1-8,10-12H2. The Balaban J connectivity index is 1.93. The summed E-state index contributed by atoms with van der Waals surface area (Å²) in [5, 5.41) is 8.68. The van der Waals surface area contributed by atoms with E-state index in [1.807, 2.05) is 0 Å². The lowest BCUT2D eigenvalue weighted by Gasteiger charge is -2.26. The van der Waals surface area contributed by atoms with Gasteiger partial charge in [-0.15, -0.1) is 0 Å². The van der Waals surface area contributed by atoms with E-state index in [0.29, 0.717) is 37.1 Å². The van der Waals surface area contributed by atoms with Crippen LogP contribution in [-0.2, 0) is 10.0 Å². The van der Waals surface area contributed by atoms with Crippen LogP contribution in [0.5, 0.6) is 0 Å². The van der Waals surface area contributed by atoms with Crippen molar-refractivity contribution in [3.63, 3.8) is 0 Å². The first-order valence-electron chi connectivity index (χ1n) is 7.46. The van der Waals surface area contributed by atoms with Crippen molar-refractivity contribution in [1.29, 1.82) is 5.26 Å². The molecule has 2 fully saturated rings. The van der Waals surface area contributed by atoms with Gasteiger partial charge in [-0.1, -0.05) is 19.3 Å². The summed E-state index contributed by atoms with van der Waals surface area (Å²) in [6.45, 7) is 1.01. The molecule has 2 saturated carbocycles. The highest BCUT2D eigenvalue weighted by atomic mass is 32.2. The van der Waals surface area contributed by atoms with E-state index in [1.54, 1.807) is 4.31 Å². The highest BCUT2D eigenvalue weighted by Crippen LogP contribution is 2.32. The van der Waals surface area contributed by atoms with E-state index < -0.39 is 10.0 Å². The van der Waals surface area contributed by atoms with Crippen molar-refractivity contribution in [2.75, 3.05) is 18.8 Å². The number of sulfonamides is 1. The normalized spacial score (nSPS) is 21.5. The van der Waals surface area contributed by atoms with Gasteiger partial charge in [0.2, 0.25) is 10.0 Å². The van der Waals surface area contributed by atoms with Crippen molar-refractivity contribution in [2.45, 2.75) is 51.4 Å². The molecule has 2 aliphatic carbocycles. The van der Waals surface area contributed by atoms with Crippen molar-refractivity contribution >= 4 is 10.0 Å². The average Bonchev–Trinajstić information content (AvgIpc) is 3.19. The van der Waals surface area contributed by atoms with E-state index in [4.69, 9.17) is 5.26 Å². The van der Waals surface area contributed by atoms with Gasteiger partial charge < -0.3 is 0 Å². The third kappa shape index (κ3) is 4.77. The molecule has 0 aliphatic heterocycles. The monoisotopic (exact) mass is 284 g/mol. The van der Waals surface area contributed by atoms with E-state index in [0.717, 1.165) is 25.7 Å². The van der Waals surface area contributed by atoms with E-state index in [1.165, 1.54) is 19.3 Å². The van der Waals surface area contributed by atoms with Crippen LogP contribution in [0.25, 0.3) is 0 Å². The maximum Gasteiger partial charge on any atom is 0.214 e. The Morgan fingerprint density at radius 3 is 2.32 bits per heavy atom. The Hall–Kier alpha value is -0.600. The molecule has 0 aromatic carbocycles. The van der Waals surface area contributed by atoms with Gasteiger partial charge in [-0.3, -0.25) is 0 Å². The Morgan fingerprint density at radius 2 is 1.74 bits per heavy atom. The summed E-state index contributed by atoms with van der Waals surface area (Å²) in [6.07, 6.45) is 8.27. The number of hydrogen-bond donors (Lipinski definition) is 0. The van der Waals surface area contributed by atoms with Gasteiger partial charge in [0.1, 0.15) is 0 Å². The van der Waals surface area contributed by atoms with Crippen LogP contribution < -0.4 is 0 Å². The predicted octanol–water partition coefficient (Wildman–Crippen LogP) is 2.52. The van der Waals surface area contributed by atoms with Gasteiger partial charge in [-0.25, -0.2) is 12.7 Å². The fourth-order valence-corrected chi connectivity index (χ4v) is 4.81. The second kappa shape index (κ2) is 6.71. The third-order valence-corrected chi connectivity index (χ3v) is 6.21. The lowest BCUT2D eigenvalue weighted by molar-refractivity contribution is 0.362. The highest BCUT2D eigenvalue weighted by molar-refractivity contribution is 7.89. The largest absolute Gasteiger partial charge is 0.214 e. The molecule has 0 amide bonds. The molecule has 0 aromatic rings. The average molecular weight is 284 g/mol. The smallest absolute Gasteiger partial charge is 0.212 e. The first kappa shape index (κ1) is 14.8. The van der Waals surface area contributed by atoms with Gasteiger partial charge in [0.05, 0.1) is 11.8 Å². The summed E-state index contributed by atoms with van der Waals surface area (Å²) in [5.74, 6) is 1.17. The molecule has 0 aromatic heterocycles. The van der Waals surface area contributed by atoms with Crippen molar-refractivity contribution < 1.29 is 8.42 Å². The Labute approximate surface area is 116 Å². The Kier molecular flexibility index (Phi) is 5.23. The molecule has 0 N–H and O–H groups in total. The zero-order chi connectivity index (χ0) is 13.7. The van der Waals surface area contributed by atoms with Gasteiger partial charge in [-0.05, 0) is 37.5 Å². The number of rotatable bonds is 7. The van der Waals surface area contributed by atoms with Crippen LogP contribution in [0.1, 0.15) is 51.4 Å². The molecular formula is C14H24N2O2S. The zero-order valence-corrected chi connectivity index (χ0v) is 12.4. The second-order valence-electron chi connectivity index (χ2n) is 5.99. The lowest BCUT2D eigenvalue weighted by Crippen LogP contribution is -2.37. The molecule has 0 bridgehead atoms. The molecule has 0 unspecified atom stereocenters. The van der Waals surface area contributed by atoms with Gasteiger partial charge in [0.25, 0.3) is 0 Å². The molecule has 0 saturated heterocycles. The molecule has 108 valence electrons. The lowest BCUT2D eigenvalue weighted by atomic mass is 9.91. The minimum Gasteiger partial charge on any atom is -0.212 e. The number of nitrogens with zero attached hydrogens (tertiary/aromatic N) is 2. The zero-order valence-electron chi connectivity index (χ0n) is 11.6. The molecule has 5 heteroatoms. The molecule has 2 rings (SSSR count). The molecule has 2 aliphatic rings. The fraction of sp³-hybridized carbons (Fsp3) is 0.929. The van der Waals surface area contributed by atoms with Gasteiger partial charge in [-0.2, -0.15) is 5.26 Å². The molecule has 0 spiro atoms. The maximum atomic E-state index is 12.5. The number of hydrogen-bond acceptors (Lipinski definition) is 3. The van der Waals surface area contributed by atoms with Crippen molar-refractivity contribution in [1.82, 2.24) is 4.31 Å². The SMILES string of the molecule is N#CCCN(CC1CC1)S(=O)(=O)CC1CCCCC1. The molecule has 0 atom stereocenters. The number of nitriles is 1. The van der Waals surface area contributed by atoms with Gasteiger partial charge >= 0.3 is 0 Å². The van der Waals surface area contributed by atoms with Crippen LogP contribution in [0.3, 0.4) is 0 Å². The van der Waals surface area contributed by atoms with Crippen LogP contribution in [0.2, 0.25) is 0 Å². The van der Waals surface area contributed by atoms with E-state index in [9.17, 15) is 8.42 Å². The van der Waals surface area contributed by atoms with Crippen molar-refractivity contribution in [2.24, 2.45) is 11.8 Å². The first-order valence-corrected chi connectivity index (χ1v) is 9.07. The van der Waals surface area contributed by atoms with Gasteiger partial charge in [0.15, 0.2) is 0 Å². The van der Waals surface area contributed by atoms with E-state index >= 15 is 0 Å². The topological polar surface area (TPSA) is 61.2 Å². The highest BCUT2D eigenvalue weighted by Gasteiger charge is 2.32. The molecule has 0 heterocycles. The maximum absolute atomic E-state index is 12.5. The molecule has 4 nitrogen and oxygen atoms in total. The van der Waals surface area contributed by atoms with Crippen molar-refractivity contribution in [3.8, 4) is 6.07 Å². The molecule has 19 heavy (non-hydrogen) atoms. The van der Waals surface area contributed by atoms with Crippen molar-refractivity contribution in [3.05, 3.63) is 0 Å². The third-order valence-electron chi connectivity index (χ3n) is 4.20.